The molecule has 0 bridgehead atoms. The fourth-order valence-corrected chi connectivity index (χ4v) is 0.833. The van der Waals surface area contributed by atoms with Crippen LogP contribution in [-0.2, 0) is 9.03 Å². The average molecular weight is 212 g/mol. The third-order valence-electron chi connectivity index (χ3n) is 1.32. The Morgan fingerprint density at radius 1 is 1.14 bits per heavy atom. The first-order chi connectivity index (χ1) is 6.93. The van der Waals surface area contributed by atoms with E-state index < -0.39 is 6.29 Å². The van der Waals surface area contributed by atoms with Crippen molar-refractivity contribution in [1.29, 1.82) is 0 Å². The zero-order valence-electron chi connectivity index (χ0n) is 7.42. The molecule has 0 saturated carbocycles. The van der Waals surface area contributed by atoms with Gasteiger partial charge in [-0.3, -0.25) is 4.98 Å². The Morgan fingerprint density at radius 3 is 2.21 bits per heavy atom. The number of ether oxygens (including phenoxy) is 1. The van der Waals surface area contributed by atoms with E-state index in [1.165, 1.54) is 6.26 Å². The topological polar surface area (TPSA) is 31.4 Å². The van der Waals surface area contributed by atoms with Crippen molar-refractivity contribution >= 4 is 11.9 Å². The van der Waals surface area contributed by atoms with Gasteiger partial charge in [0.1, 0.15) is 0 Å². The summed E-state index contributed by atoms with van der Waals surface area (Å²) in [6, 6.07) is 5.72. The van der Waals surface area contributed by atoms with Gasteiger partial charge in [-0.2, -0.15) is 0 Å². The molecule has 4 heteroatoms. The quantitative estimate of drug-likeness (QED) is 0.716. The van der Waals surface area contributed by atoms with Crippen LogP contribution in [0.3, 0.4) is 0 Å². The predicted octanol–water partition coefficient (Wildman–Crippen LogP) is 2.66. The van der Waals surface area contributed by atoms with Gasteiger partial charge in [0.05, 0.1) is 18.1 Å². The second kappa shape index (κ2) is 7.12. The van der Waals surface area contributed by atoms with Crippen LogP contribution in [0.2, 0.25) is 0 Å². The summed E-state index contributed by atoms with van der Waals surface area (Å²) in [5, 5.41) is 0. The van der Waals surface area contributed by atoms with E-state index in [0.717, 1.165) is 0 Å². The number of hydrogen-bond acceptors (Lipinski definition) is 3. The molecule has 0 spiro atoms. The molecule has 0 aliphatic carbocycles. The summed E-state index contributed by atoms with van der Waals surface area (Å²) in [4.78, 5) is 3.78. The van der Waals surface area contributed by atoms with Crippen LogP contribution < -0.4 is 0 Å². The third kappa shape index (κ3) is 4.64. The first-order valence-electron chi connectivity index (χ1n) is 4.04. The molecule has 2 heterocycles. The molecule has 3 nitrogen and oxygen atoms in total. The van der Waals surface area contributed by atoms with Gasteiger partial charge in [-0.15, -0.1) is 0 Å². The lowest BCUT2D eigenvalue weighted by Gasteiger charge is -2.08. The summed E-state index contributed by atoms with van der Waals surface area (Å²) >= 11 is 4.97. The van der Waals surface area contributed by atoms with Crippen LogP contribution in [0.1, 0.15) is 0 Å². The van der Waals surface area contributed by atoms with E-state index in [1.807, 2.05) is 18.2 Å². The summed E-state index contributed by atoms with van der Waals surface area (Å²) in [6.07, 6.45) is 9.87. The standard InChI is InChI=1S/C5H5ClO2.C5H5N/c6-8-5-3-1-2-4-7-5;1-2-4-6-5-3-1/h1-5H;1-5H. The molecule has 1 atom stereocenters. The largest absolute Gasteiger partial charge is 0.467 e. The normalized spacial score (nSPS) is 17.9. The highest BCUT2D eigenvalue weighted by Crippen LogP contribution is 2.04. The van der Waals surface area contributed by atoms with Crippen LogP contribution in [-0.4, -0.2) is 11.3 Å². The molecule has 0 N–H and O–H groups in total. The van der Waals surface area contributed by atoms with Crippen molar-refractivity contribution in [2.24, 2.45) is 0 Å². The zero-order valence-corrected chi connectivity index (χ0v) is 8.17. The molecule has 74 valence electrons. The molecule has 14 heavy (non-hydrogen) atoms. The Balaban J connectivity index is 0.000000146. The van der Waals surface area contributed by atoms with Gasteiger partial charge >= 0.3 is 0 Å². The Kier molecular flexibility index (Phi) is 5.47. The first kappa shape index (κ1) is 10.8. The molecule has 0 radical (unpaired) electrons. The zero-order chi connectivity index (χ0) is 10.1. The molecular weight excluding hydrogens is 202 g/mol. The molecule has 0 saturated heterocycles. The van der Waals surface area contributed by atoms with Crippen LogP contribution >= 0.6 is 11.9 Å². The van der Waals surface area contributed by atoms with Crippen LogP contribution in [0.25, 0.3) is 0 Å². The SMILES string of the molecule is ClOC1C=CC=CO1.c1ccncc1. The highest BCUT2D eigenvalue weighted by molar-refractivity contribution is 6.07. The van der Waals surface area contributed by atoms with E-state index in [1.54, 1.807) is 30.6 Å². The molecule has 0 fully saturated rings. The van der Waals surface area contributed by atoms with E-state index in [2.05, 4.69) is 9.27 Å². The van der Waals surface area contributed by atoms with Crippen molar-refractivity contribution in [2.75, 3.05) is 0 Å². The van der Waals surface area contributed by atoms with Gasteiger partial charge < -0.3 is 4.74 Å². The molecular formula is C10H10ClNO2. The number of halogens is 1. The summed E-state index contributed by atoms with van der Waals surface area (Å²) in [5.41, 5.74) is 0. The molecule has 0 amide bonds. The van der Waals surface area contributed by atoms with Gasteiger partial charge in [-0.1, -0.05) is 12.1 Å². The summed E-state index contributed by atoms with van der Waals surface area (Å²) in [6.45, 7) is 0. The van der Waals surface area contributed by atoms with Crippen molar-refractivity contribution in [3.63, 3.8) is 0 Å². The van der Waals surface area contributed by atoms with Gasteiger partial charge in [-0.05, 0) is 24.3 Å². The minimum absolute atomic E-state index is 0.415. The highest BCUT2D eigenvalue weighted by Gasteiger charge is 2.01. The van der Waals surface area contributed by atoms with E-state index in [4.69, 9.17) is 16.6 Å². The van der Waals surface area contributed by atoms with Gasteiger partial charge in [0, 0.05) is 12.4 Å². The van der Waals surface area contributed by atoms with Gasteiger partial charge in [0.25, 0.3) is 0 Å². The lowest BCUT2D eigenvalue weighted by atomic mass is 10.4. The maximum atomic E-state index is 4.97. The lowest BCUT2D eigenvalue weighted by Crippen LogP contribution is -2.06. The smallest absolute Gasteiger partial charge is 0.237 e. The van der Waals surface area contributed by atoms with E-state index in [0.29, 0.717) is 0 Å². The monoisotopic (exact) mass is 211 g/mol. The van der Waals surface area contributed by atoms with E-state index in [-0.39, 0.29) is 0 Å². The van der Waals surface area contributed by atoms with Crippen LogP contribution in [0.15, 0.2) is 55.1 Å². The van der Waals surface area contributed by atoms with Crippen LogP contribution in [0, 0.1) is 0 Å². The molecule has 0 aromatic carbocycles. The van der Waals surface area contributed by atoms with Gasteiger partial charge in [0.15, 0.2) is 0 Å². The fraction of sp³-hybridized carbons (Fsp3) is 0.100. The lowest BCUT2D eigenvalue weighted by molar-refractivity contribution is 0.0151. The molecule has 1 unspecified atom stereocenters. The maximum absolute atomic E-state index is 4.97. The van der Waals surface area contributed by atoms with Gasteiger partial charge in [-0.25, -0.2) is 4.29 Å². The molecule has 1 aliphatic heterocycles. The molecule has 1 aromatic rings. The second-order valence-electron chi connectivity index (χ2n) is 2.33. The third-order valence-corrected chi connectivity index (χ3v) is 1.50. The Morgan fingerprint density at radius 2 is 1.93 bits per heavy atom. The predicted molar refractivity (Wildman–Crippen MR) is 54.3 cm³/mol. The maximum Gasteiger partial charge on any atom is 0.237 e. The van der Waals surface area contributed by atoms with E-state index in [9.17, 15) is 0 Å². The Bertz CT molecular complexity index is 261. The number of nitrogens with zero attached hydrogens (tertiary/aromatic N) is 1. The Labute approximate surface area is 87.8 Å². The Hall–Kier alpha value is -1.32. The van der Waals surface area contributed by atoms with Gasteiger partial charge in [0.2, 0.25) is 6.29 Å². The van der Waals surface area contributed by atoms with Crippen LogP contribution in [0.5, 0.6) is 0 Å². The average Bonchev–Trinajstić information content (AvgIpc) is 2.33. The van der Waals surface area contributed by atoms with Crippen LogP contribution in [0.4, 0.5) is 0 Å². The number of pyridine rings is 1. The molecule has 1 aliphatic rings. The second-order valence-corrected chi connectivity index (χ2v) is 2.51. The minimum atomic E-state index is -0.415. The first-order valence-corrected chi connectivity index (χ1v) is 4.35. The van der Waals surface area contributed by atoms with E-state index >= 15 is 0 Å². The summed E-state index contributed by atoms with van der Waals surface area (Å²) < 4.78 is 9.11. The molecule has 1 aromatic heterocycles. The summed E-state index contributed by atoms with van der Waals surface area (Å²) in [5.74, 6) is 0. The number of hydrogen-bond donors (Lipinski definition) is 0. The van der Waals surface area contributed by atoms with Crippen molar-refractivity contribution in [2.45, 2.75) is 6.29 Å². The summed E-state index contributed by atoms with van der Waals surface area (Å²) in [7, 11) is 0. The van der Waals surface area contributed by atoms with Crippen molar-refractivity contribution < 1.29 is 9.03 Å². The fourth-order valence-electron chi connectivity index (χ4n) is 0.732. The highest BCUT2D eigenvalue weighted by atomic mass is 35.5. The van der Waals surface area contributed by atoms with Crippen molar-refractivity contribution in [3.8, 4) is 0 Å². The number of rotatable bonds is 1. The molecule has 2 rings (SSSR count). The van der Waals surface area contributed by atoms with Crippen molar-refractivity contribution in [1.82, 2.24) is 4.98 Å². The number of allylic oxidation sites excluding steroid dienone is 2. The number of aromatic nitrogens is 1. The van der Waals surface area contributed by atoms with Crippen molar-refractivity contribution in [3.05, 3.63) is 55.1 Å². The minimum Gasteiger partial charge on any atom is -0.467 e.